The van der Waals surface area contributed by atoms with E-state index in [4.69, 9.17) is 0 Å². The third-order valence-corrected chi connectivity index (χ3v) is 4.19. The zero-order valence-corrected chi connectivity index (χ0v) is 9.10. The lowest BCUT2D eigenvalue weighted by Gasteiger charge is -2.08. The molecule has 0 amide bonds. The van der Waals surface area contributed by atoms with Crippen LogP contribution in [0.25, 0.3) is 0 Å². The molecule has 1 heterocycles. The molecular weight excluding hydrogens is 180 g/mol. The highest BCUT2D eigenvalue weighted by Gasteiger charge is 2.17. The molecule has 2 nitrogen and oxygen atoms in total. The van der Waals surface area contributed by atoms with E-state index in [1.165, 1.54) is 30.7 Å². The van der Waals surface area contributed by atoms with Crippen LogP contribution in [0.15, 0.2) is 11.2 Å². The molecule has 72 valence electrons. The number of imidazole rings is 1. The van der Waals surface area contributed by atoms with E-state index in [9.17, 15) is 0 Å². The van der Waals surface area contributed by atoms with E-state index < -0.39 is 0 Å². The van der Waals surface area contributed by atoms with Crippen molar-refractivity contribution in [3.05, 3.63) is 12.0 Å². The van der Waals surface area contributed by atoms with Crippen LogP contribution in [0, 0.1) is 6.92 Å². The molecule has 1 aromatic rings. The van der Waals surface area contributed by atoms with E-state index in [1.807, 2.05) is 18.0 Å². The lowest BCUT2D eigenvalue weighted by molar-refractivity contribution is 0.778. The van der Waals surface area contributed by atoms with Gasteiger partial charge in [-0.2, -0.15) is 0 Å². The van der Waals surface area contributed by atoms with Gasteiger partial charge in [0, 0.05) is 12.3 Å². The van der Waals surface area contributed by atoms with Crippen molar-refractivity contribution < 1.29 is 0 Å². The minimum Gasteiger partial charge on any atom is -0.327 e. The molecule has 2 rings (SSSR count). The van der Waals surface area contributed by atoms with Crippen molar-refractivity contribution in [3.63, 3.8) is 0 Å². The zero-order valence-electron chi connectivity index (χ0n) is 8.29. The van der Waals surface area contributed by atoms with Crippen molar-refractivity contribution >= 4 is 11.8 Å². The predicted octanol–water partition coefficient (Wildman–Crippen LogP) is 2.76. The molecule has 1 saturated carbocycles. The maximum atomic E-state index is 4.30. The molecule has 0 radical (unpaired) electrons. The Labute approximate surface area is 83.7 Å². The van der Waals surface area contributed by atoms with Crippen LogP contribution in [0.1, 0.15) is 31.5 Å². The second-order valence-electron chi connectivity index (χ2n) is 3.73. The fourth-order valence-corrected chi connectivity index (χ4v) is 3.08. The summed E-state index contributed by atoms with van der Waals surface area (Å²) in [6, 6.07) is 0. The largest absolute Gasteiger partial charge is 0.327 e. The van der Waals surface area contributed by atoms with Gasteiger partial charge in [-0.1, -0.05) is 12.8 Å². The van der Waals surface area contributed by atoms with E-state index in [0.717, 1.165) is 11.1 Å². The first-order valence-corrected chi connectivity index (χ1v) is 5.80. The molecule has 3 heteroatoms. The number of aromatic nitrogens is 2. The van der Waals surface area contributed by atoms with Crippen molar-refractivity contribution in [2.45, 2.75) is 42.9 Å². The Morgan fingerprint density at radius 1 is 1.46 bits per heavy atom. The highest BCUT2D eigenvalue weighted by Crippen LogP contribution is 2.34. The SMILES string of the molecule is Cc1ncc(SC2CCCC2)n1C. The van der Waals surface area contributed by atoms with Crippen LogP contribution < -0.4 is 0 Å². The van der Waals surface area contributed by atoms with Gasteiger partial charge in [0.15, 0.2) is 0 Å². The van der Waals surface area contributed by atoms with Gasteiger partial charge in [-0.05, 0) is 19.8 Å². The van der Waals surface area contributed by atoms with Gasteiger partial charge in [-0.15, -0.1) is 11.8 Å². The number of nitrogens with zero attached hydrogens (tertiary/aromatic N) is 2. The van der Waals surface area contributed by atoms with Crippen LogP contribution >= 0.6 is 11.8 Å². The molecule has 0 N–H and O–H groups in total. The minimum absolute atomic E-state index is 0.842. The van der Waals surface area contributed by atoms with Gasteiger partial charge in [-0.25, -0.2) is 4.98 Å². The van der Waals surface area contributed by atoms with Crippen LogP contribution in [0.5, 0.6) is 0 Å². The van der Waals surface area contributed by atoms with Crippen LogP contribution in [-0.4, -0.2) is 14.8 Å². The van der Waals surface area contributed by atoms with Crippen LogP contribution in [-0.2, 0) is 7.05 Å². The molecular formula is C10H16N2S. The summed E-state index contributed by atoms with van der Waals surface area (Å²) < 4.78 is 2.18. The number of rotatable bonds is 2. The maximum absolute atomic E-state index is 4.30. The fourth-order valence-electron chi connectivity index (χ4n) is 1.77. The van der Waals surface area contributed by atoms with Gasteiger partial charge >= 0.3 is 0 Å². The summed E-state index contributed by atoms with van der Waals surface area (Å²) in [4.78, 5) is 4.30. The zero-order chi connectivity index (χ0) is 9.26. The summed E-state index contributed by atoms with van der Waals surface area (Å²) in [6.07, 6.45) is 7.59. The quantitative estimate of drug-likeness (QED) is 0.724. The number of hydrogen-bond donors (Lipinski definition) is 0. The molecule has 1 aliphatic carbocycles. The molecule has 0 aliphatic heterocycles. The molecule has 0 unspecified atom stereocenters. The third kappa shape index (κ3) is 1.90. The second kappa shape index (κ2) is 3.74. The van der Waals surface area contributed by atoms with Crippen LogP contribution in [0.4, 0.5) is 0 Å². The second-order valence-corrected chi connectivity index (χ2v) is 5.05. The Balaban J connectivity index is 2.04. The van der Waals surface area contributed by atoms with Crippen molar-refractivity contribution in [2.24, 2.45) is 7.05 Å². The first kappa shape index (κ1) is 9.13. The summed E-state index contributed by atoms with van der Waals surface area (Å²) in [5.74, 6) is 1.11. The lowest BCUT2D eigenvalue weighted by Crippen LogP contribution is -1.98. The van der Waals surface area contributed by atoms with Gasteiger partial charge in [0.1, 0.15) is 5.82 Å². The summed E-state index contributed by atoms with van der Waals surface area (Å²) in [6.45, 7) is 2.05. The fraction of sp³-hybridized carbons (Fsp3) is 0.700. The Morgan fingerprint density at radius 3 is 2.69 bits per heavy atom. The molecule has 1 aliphatic rings. The standard InChI is InChI=1S/C10H16N2S/c1-8-11-7-10(12(8)2)13-9-5-3-4-6-9/h7,9H,3-6H2,1-2H3. The molecule has 1 aromatic heterocycles. The van der Waals surface area contributed by atoms with Crippen molar-refractivity contribution in [1.29, 1.82) is 0 Å². The Morgan fingerprint density at radius 2 is 2.15 bits per heavy atom. The monoisotopic (exact) mass is 196 g/mol. The topological polar surface area (TPSA) is 17.8 Å². The van der Waals surface area contributed by atoms with E-state index >= 15 is 0 Å². The summed E-state index contributed by atoms with van der Waals surface area (Å²) >= 11 is 2.00. The molecule has 13 heavy (non-hydrogen) atoms. The van der Waals surface area contributed by atoms with E-state index in [2.05, 4.69) is 23.5 Å². The highest BCUT2D eigenvalue weighted by molar-refractivity contribution is 7.99. The Bertz CT molecular complexity index is 287. The van der Waals surface area contributed by atoms with E-state index in [1.54, 1.807) is 0 Å². The highest BCUT2D eigenvalue weighted by atomic mass is 32.2. The van der Waals surface area contributed by atoms with Crippen molar-refractivity contribution in [3.8, 4) is 0 Å². The molecule has 1 fully saturated rings. The van der Waals surface area contributed by atoms with Gasteiger partial charge < -0.3 is 4.57 Å². The molecule has 0 saturated heterocycles. The average Bonchev–Trinajstić information content (AvgIpc) is 2.71. The molecule has 0 spiro atoms. The molecule has 0 atom stereocenters. The Kier molecular flexibility index (Phi) is 2.63. The number of thioether (sulfide) groups is 1. The van der Waals surface area contributed by atoms with Gasteiger partial charge in [-0.3, -0.25) is 0 Å². The molecule has 0 bridgehead atoms. The Hall–Kier alpha value is -0.440. The third-order valence-electron chi connectivity index (χ3n) is 2.77. The summed E-state index contributed by atoms with van der Waals surface area (Å²) in [5, 5.41) is 2.17. The van der Waals surface area contributed by atoms with E-state index in [0.29, 0.717) is 0 Å². The first-order chi connectivity index (χ1) is 6.27. The van der Waals surface area contributed by atoms with Crippen LogP contribution in [0.3, 0.4) is 0 Å². The smallest absolute Gasteiger partial charge is 0.106 e. The van der Waals surface area contributed by atoms with Crippen molar-refractivity contribution in [2.75, 3.05) is 0 Å². The average molecular weight is 196 g/mol. The maximum Gasteiger partial charge on any atom is 0.106 e. The summed E-state index contributed by atoms with van der Waals surface area (Å²) in [5.41, 5.74) is 0. The summed E-state index contributed by atoms with van der Waals surface area (Å²) in [7, 11) is 2.10. The predicted molar refractivity (Wildman–Crippen MR) is 56.1 cm³/mol. The molecule has 0 aromatic carbocycles. The van der Waals surface area contributed by atoms with Crippen molar-refractivity contribution in [1.82, 2.24) is 9.55 Å². The number of hydrogen-bond acceptors (Lipinski definition) is 2. The lowest BCUT2D eigenvalue weighted by atomic mass is 10.4. The van der Waals surface area contributed by atoms with Crippen LogP contribution in [0.2, 0.25) is 0 Å². The van der Waals surface area contributed by atoms with Gasteiger partial charge in [0.05, 0.1) is 11.2 Å². The normalized spacial score (nSPS) is 18.3. The number of aryl methyl sites for hydroxylation is 1. The van der Waals surface area contributed by atoms with E-state index in [-0.39, 0.29) is 0 Å². The first-order valence-electron chi connectivity index (χ1n) is 4.92. The van der Waals surface area contributed by atoms with Gasteiger partial charge in [0.2, 0.25) is 0 Å². The minimum atomic E-state index is 0.842. The van der Waals surface area contributed by atoms with Gasteiger partial charge in [0.25, 0.3) is 0 Å².